The Morgan fingerprint density at radius 2 is 2.19 bits per heavy atom. The number of aliphatic imine (C=N–C) groups is 1. The van der Waals surface area contributed by atoms with Crippen molar-refractivity contribution in [3.8, 4) is 0 Å². The lowest BCUT2D eigenvalue weighted by Gasteiger charge is -2.11. The molecule has 1 aliphatic rings. The molecular formula is C20H30N6O. The molecule has 1 aromatic heterocycles. The third kappa shape index (κ3) is 7.38. The van der Waals surface area contributed by atoms with Crippen LogP contribution in [0.5, 0.6) is 0 Å². The summed E-state index contributed by atoms with van der Waals surface area (Å²) in [5.41, 5.74) is 2.37. The number of guanidine groups is 1. The molecule has 27 heavy (non-hydrogen) atoms. The molecule has 1 heterocycles. The molecule has 2 aromatic rings. The number of hydrogen-bond donors (Lipinski definition) is 2. The van der Waals surface area contributed by atoms with E-state index < -0.39 is 0 Å². The van der Waals surface area contributed by atoms with Gasteiger partial charge in [0.15, 0.2) is 5.96 Å². The summed E-state index contributed by atoms with van der Waals surface area (Å²) >= 11 is 0. The molecule has 1 aromatic carbocycles. The summed E-state index contributed by atoms with van der Waals surface area (Å²) in [6.45, 7) is 6.88. The first-order valence-corrected chi connectivity index (χ1v) is 9.83. The van der Waals surface area contributed by atoms with Crippen LogP contribution in [0, 0.1) is 5.92 Å². The molecule has 0 radical (unpaired) electrons. The number of rotatable bonds is 11. The summed E-state index contributed by atoms with van der Waals surface area (Å²) in [4.78, 5) is 8.68. The predicted molar refractivity (Wildman–Crippen MR) is 107 cm³/mol. The topological polar surface area (TPSA) is 76.4 Å². The van der Waals surface area contributed by atoms with Crippen LogP contribution in [0.2, 0.25) is 0 Å². The molecule has 7 heteroatoms. The van der Waals surface area contributed by atoms with Crippen molar-refractivity contribution in [1.82, 2.24) is 25.4 Å². The first-order chi connectivity index (χ1) is 13.3. The monoisotopic (exact) mass is 370 g/mol. The molecule has 0 amide bonds. The Balaban J connectivity index is 1.43. The van der Waals surface area contributed by atoms with Crippen LogP contribution < -0.4 is 10.6 Å². The molecule has 146 valence electrons. The van der Waals surface area contributed by atoms with Crippen LogP contribution in [0.1, 0.15) is 37.3 Å². The minimum atomic E-state index is 0.638. The molecule has 0 unspecified atom stereocenters. The zero-order valence-corrected chi connectivity index (χ0v) is 16.1. The summed E-state index contributed by atoms with van der Waals surface area (Å²) in [6, 6.07) is 8.43. The van der Waals surface area contributed by atoms with Gasteiger partial charge in [-0.25, -0.2) is 14.7 Å². The van der Waals surface area contributed by atoms with Crippen LogP contribution in [0.25, 0.3) is 0 Å². The van der Waals surface area contributed by atoms with E-state index in [4.69, 9.17) is 9.73 Å². The summed E-state index contributed by atoms with van der Waals surface area (Å²) in [5.74, 6) is 1.68. The van der Waals surface area contributed by atoms with E-state index in [1.165, 1.54) is 24.0 Å². The van der Waals surface area contributed by atoms with Crippen molar-refractivity contribution in [3.63, 3.8) is 0 Å². The highest BCUT2D eigenvalue weighted by molar-refractivity contribution is 5.79. The van der Waals surface area contributed by atoms with Crippen LogP contribution in [0.15, 0.2) is 41.9 Å². The first kappa shape index (κ1) is 19.4. The highest BCUT2D eigenvalue weighted by Gasteiger charge is 2.20. The van der Waals surface area contributed by atoms with Gasteiger partial charge in [0.2, 0.25) is 0 Å². The highest BCUT2D eigenvalue weighted by Crippen LogP contribution is 2.28. The summed E-state index contributed by atoms with van der Waals surface area (Å²) in [7, 11) is 0. The quantitative estimate of drug-likeness (QED) is 0.360. The number of nitrogens with zero attached hydrogens (tertiary/aromatic N) is 4. The average molecular weight is 371 g/mol. The molecule has 1 aliphatic carbocycles. The molecule has 1 fully saturated rings. The fourth-order valence-electron chi connectivity index (χ4n) is 2.76. The fraction of sp³-hybridized carbons (Fsp3) is 0.550. The van der Waals surface area contributed by atoms with Crippen molar-refractivity contribution < 1.29 is 4.74 Å². The maximum absolute atomic E-state index is 5.67. The average Bonchev–Trinajstić information content (AvgIpc) is 3.37. The van der Waals surface area contributed by atoms with Gasteiger partial charge in [0.1, 0.15) is 12.7 Å². The van der Waals surface area contributed by atoms with E-state index in [-0.39, 0.29) is 0 Å². The first-order valence-electron chi connectivity index (χ1n) is 9.83. The van der Waals surface area contributed by atoms with Crippen molar-refractivity contribution in [2.24, 2.45) is 10.9 Å². The van der Waals surface area contributed by atoms with E-state index in [1.807, 2.05) is 4.68 Å². The largest absolute Gasteiger partial charge is 0.381 e. The van der Waals surface area contributed by atoms with Gasteiger partial charge < -0.3 is 15.4 Å². The van der Waals surface area contributed by atoms with Crippen LogP contribution in [0.4, 0.5) is 0 Å². The minimum absolute atomic E-state index is 0.638. The van der Waals surface area contributed by atoms with Crippen molar-refractivity contribution >= 4 is 5.96 Å². The summed E-state index contributed by atoms with van der Waals surface area (Å²) in [5, 5.41) is 10.8. The number of hydrogen-bond acceptors (Lipinski definition) is 4. The van der Waals surface area contributed by atoms with Crippen molar-refractivity contribution in [1.29, 1.82) is 0 Å². The van der Waals surface area contributed by atoms with E-state index in [1.54, 1.807) is 12.7 Å². The second kappa shape index (κ2) is 10.7. The summed E-state index contributed by atoms with van der Waals surface area (Å²) in [6.07, 6.45) is 6.96. The zero-order chi connectivity index (χ0) is 18.7. The molecule has 7 nitrogen and oxygen atoms in total. The van der Waals surface area contributed by atoms with Crippen LogP contribution in [-0.2, 0) is 17.8 Å². The van der Waals surface area contributed by atoms with E-state index in [2.05, 4.69) is 51.9 Å². The Morgan fingerprint density at radius 1 is 1.30 bits per heavy atom. The maximum Gasteiger partial charge on any atom is 0.191 e. The van der Waals surface area contributed by atoms with E-state index in [9.17, 15) is 0 Å². The smallest absolute Gasteiger partial charge is 0.191 e. The normalized spacial score (nSPS) is 14.3. The highest BCUT2D eigenvalue weighted by atomic mass is 16.5. The lowest BCUT2D eigenvalue weighted by Crippen LogP contribution is -2.38. The molecule has 0 aliphatic heterocycles. The Bertz CT molecular complexity index is 696. The molecular weight excluding hydrogens is 340 g/mol. The lowest BCUT2D eigenvalue weighted by molar-refractivity contribution is 0.123. The van der Waals surface area contributed by atoms with Gasteiger partial charge in [-0.05, 0) is 43.2 Å². The van der Waals surface area contributed by atoms with Gasteiger partial charge in [-0.1, -0.05) is 24.3 Å². The van der Waals surface area contributed by atoms with Crippen LogP contribution >= 0.6 is 0 Å². The third-order valence-corrected chi connectivity index (χ3v) is 4.37. The predicted octanol–water partition coefficient (Wildman–Crippen LogP) is 2.20. The molecule has 0 atom stereocenters. The number of benzene rings is 1. The van der Waals surface area contributed by atoms with E-state index >= 15 is 0 Å². The zero-order valence-electron chi connectivity index (χ0n) is 16.1. The molecule has 1 saturated carbocycles. The van der Waals surface area contributed by atoms with Gasteiger partial charge in [0, 0.05) is 26.3 Å². The second-order valence-corrected chi connectivity index (χ2v) is 6.91. The standard InChI is InChI=1S/C20H30N6O/c1-2-22-20(23-9-4-10-27-14-17-7-8-17)24-12-18-5-3-6-19(11-18)13-26-16-21-15-25-26/h3,5-6,11,15-17H,2,4,7-10,12-14H2,1H3,(H2,22,23,24). The number of ether oxygens (including phenoxy) is 1. The van der Waals surface area contributed by atoms with E-state index in [0.717, 1.165) is 51.1 Å². The Hall–Kier alpha value is -2.41. The fourth-order valence-corrected chi connectivity index (χ4v) is 2.76. The summed E-state index contributed by atoms with van der Waals surface area (Å²) < 4.78 is 7.49. The van der Waals surface area contributed by atoms with Crippen LogP contribution in [0.3, 0.4) is 0 Å². The van der Waals surface area contributed by atoms with Gasteiger partial charge in [-0.15, -0.1) is 0 Å². The van der Waals surface area contributed by atoms with Gasteiger partial charge in [0.25, 0.3) is 0 Å². The van der Waals surface area contributed by atoms with Crippen LogP contribution in [-0.4, -0.2) is 47.0 Å². The SMILES string of the molecule is CCNC(=NCc1cccc(Cn2cncn2)c1)NCCCOCC1CC1. The van der Waals surface area contributed by atoms with Gasteiger partial charge >= 0.3 is 0 Å². The molecule has 2 N–H and O–H groups in total. The molecule has 3 rings (SSSR count). The maximum atomic E-state index is 5.67. The van der Waals surface area contributed by atoms with Gasteiger partial charge in [-0.3, -0.25) is 0 Å². The van der Waals surface area contributed by atoms with Gasteiger partial charge in [0.05, 0.1) is 13.1 Å². The van der Waals surface area contributed by atoms with Crippen molar-refractivity contribution in [3.05, 3.63) is 48.0 Å². The molecule has 0 spiro atoms. The lowest BCUT2D eigenvalue weighted by atomic mass is 10.1. The number of aromatic nitrogens is 3. The Morgan fingerprint density at radius 3 is 2.96 bits per heavy atom. The minimum Gasteiger partial charge on any atom is -0.381 e. The molecule has 0 saturated heterocycles. The van der Waals surface area contributed by atoms with Crippen molar-refractivity contribution in [2.45, 2.75) is 39.3 Å². The third-order valence-electron chi connectivity index (χ3n) is 4.37. The molecule has 0 bridgehead atoms. The second-order valence-electron chi connectivity index (χ2n) is 6.91. The number of nitrogens with one attached hydrogen (secondary N) is 2. The van der Waals surface area contributed by atoms with Gasteiger partial charge in [-0.2, -0.15) is 5.10 Å². The Kier molecular flexibility index (Phi) is 7.65. The van der Waals surface area contributed by atoms with Crippen molar-refractivity contribution in [2.75, 3.05) is 26.3 Å². The van der Waals surface area contributed by atoms with E-state index in [0.29, 0.717) is 6.54 Å². The Labute approximate surface area is 161 Å².